The maximum absolute atomic E-state index is 12.0. The highest BCUT2D eigenvalue weighted by Gasteiger charge is 2.31. The van der Waals surface area contributed by atoms with Gasteiger partial charge in [-0.3, -0.25) is 19.4 Å². The van der Waals surface area contributed by atoms with Crippen LogP contribution in [0.2, 0.25) is 0 Å². The van der Waals surface area contributed by atoms with Gasteiger partial charge in [-0.2, -0.15) is 0 Å². The molecule has 2 aromatic carbocycles. The number of aliphatic carboxylic acids is 2. The lowest BCUT2D eigenvalue weighted by Gasteiger charge is -2.27. The second kappa shape index (κ2) is 18.9. The fraction of sp³-hybridized carbons (Fsp3) is 0.611. The van der Waals surface area contributed by atoms with Gasteiger partial charge in [-0.05, 0) is 99.0 Å². The van der Waals surface area contributed by atoms with Crippen molar-refractivity contribution in [2.24, 2.45) is 23.7 Å². The maximum Gasteiger partial charge on any atom is 0.307 e. The van der Waals surface area contributed by atoms with E-state index >= 15 is 0 Å². The Morgan fingerprint density at radius 3 is 1.43 bits per heavy atom. The van der Waals surface area contributed by atoms with Crippen molar-refractivity contribution in [3.8, 4) is 0 Å². The Hall–Kier alpha value is -2.78. The van der Waals surface area contributed by atoms with Crippen LogP contribution in [-0.2, 0) is 35.5 Å². The van der Waals surface area contributed by atoms with Gasteiger partial charge < -0.3 is 20.8 Å². The highest BCUT2D eigenvalue weighted by atomic mass is 16.4. The van der Waals surface area contributed by atoms with Crippen LogP contribution in [0, 0.1) is 23.7 Å². The molecule has 0 amide bonds. The minimum absolute atomic E-state index is 0.196. The average Bonchev–Trinajstić information content (AvgIpc) is 3.76. The Balaban J connectivity index is 0.00000259. The highest BCUT2D eigenvalue weighted by Crippen LogP contribution is 2.25. The smallest absolute Gasteiger partial charge is 0.307 e. The van der Waals surface area contributed by atoms with Gasteiger partial charge >= 0.3 is 11.9 Å². The summed E-state index contributed by atoms with van der Waals surface area (Å²) < 4.78 is 0. The van der Waals surface area contributed by atoms with Crippen molar-refractivity contribution < 1.29 is 19.8 Å². The Kier molecular flexibility index (Phi) is 15.3. The summed E-state index contributed by atoms with van der Waals surface area (Å²) in [6.07, 6.45) is 3.02. The lowest BCUT2D eigenvalue weighted by Crippen LogP contribution is -2.34. The number of nitrogens with zero attached hydrogens (tertiary/aromatic N) is 2. The van der Waals surface area contributed by atoms with Crippen LogP contribution in [0.15, 0.2) is 48.5 Å². The first-order valence-corrected chi connectivity index (χ1v) is 16.8. The van der Waals surface area contributed by atoms with Crippen molar-refractivity contribution in [3.05, 3.63) is 70.8 Å². The van der Waals surface area contributed by atoms with Gasteiger partial charge in [0.05, 0.1) is 11.8 Å². The van der Waals surface area contributed by atoms with Crippen molar-refractivity contribution in [1.29, 1.82) is 0 Å². The molecule has 0 spiro atoms. The van der Waals surface area contributed by atoms with Crippen LogP contribution < -0.4 is 10.6 Å². The Bertz CT molecular complexity index is 1060. The largest absolute Gasteiger partial charge is 0.481 e. The van der Waals surface area contributed by atoms with Crippen molar-refractivity contribution in [2.45, 2.75) is 66.5 Å². The summed E-state index contributed by atoms with van der Waals surface area (Å²) in [7, 11) is 0. The topological polar surface area (TPSA) is 105 Å². The summed E-state index contributed by atoms with van der Waals surface area (Å²) in [5.74, 6) is -1.68. The minimum atomic E-state index is -0.692. The molecule has 4 unspecified atom stereocenters. The quantitative estimate of drug-likeness (QED) is 0.204. The molecule has 4 atom stereocenters. The SMILES string of the molecule is CC.CCN(CCN(CC)Cc1cccc(CC(C(=O)O)C2CCNC2)c1)Cc1cccc(CC(C(=O)O)C2CCNC2)c1. The summed E-state index contributed by atoms with van der Waals surface area (Å²) >= 11 is 0. The molecule has 2 aromatic rings. The van der Waals surface area contributed by atoms with Crippen LogP contribution in [0.5, 0.6) is 0 Å². The van der Waals surface area contributed by atoms with Crippen molar-refractivity contribution in [3.63, 3.8) is 0 Å². The number of carboxylic acid groups (broad SMARTS) is 2. The maximum atomic E-state index is 12.0. The van der Waals surface area contributed by atoms with Crippen LogP contribution in [0.1, 0.15) is 62.8 Å². The average molecular weight is 609 g/mol. The van der Waals surface area contributed by atoms with E-state index in [-0.39, 0.29) is 23.7 Å². The van der Waals surface area contributed by atoms with E-state index in [4.69, 9.17) is 0 Å². The third-order valence-corrected chi connectivity index (χ3v) is 9.30. The van der Waals surface area contributed by atoms with Gasteiger partial charge in [0.15, 0.2) is 0 Å². The lowest BCUT2D eigenvalue weighted by molar-refractivity contribution is -0.144. The molecule has 0 bridgehead atoms. The predicted octanol–water partition coefficient (Wildman–Crippen LogP) is 4.76. The first kappa shape index (κ1) is 35.7. The number of carbonyl (C=O) groups is 2. The van der Waals surface area contributed by atoms with Crippen LogP contribution in [-0.4, -0.2) is 84.3 Å². The fourth-order valence-electron chi connectivity index (χ4n) is 6.67. The summed E-state index contributed by atoms with van der Waals surface area (Å²) in [4.78, 5) is 28.9. The molecule has 2 aliphatic rings. The third kappa shape index (κ3) is 11.0. The minimum Gasteiger partial charge on any atom is -0.481 e. The predicted molar refractivity (Wildman–Crippen MR) is 178 cm³/mol. The van der Waals surface area contributed by atoms with Crippen LogP contribution in [0.25, 0.3) is 0 Å². The molecule has 0 saturated carbocycles. The number of rotatable bonds is 17. The molecule has 2 aliphatic heterocycles. The summed E-state index contributed by atoms with van der Waals surface area (Å²) in [6.45, 7) is 17.2. The monoisotopic (exact) mass is 608 g/mol. The number of nitrogens with one attached hydrogen (secondary N) is 2. The van der Waals surface area contributed by atoms with Gasteiger partial charge in [-0.25, -0.2) is 0 Å². The molecule has 2 fully saturated rings. The molecule has 0 radical (unpaired) electrons. The van der Waals surface area contributed by atoms with Gasteiger partial charge in [-0.15, -0.1) is 0 Å². The molecule has 44 heavy (non-hydrogen) atoms. The molecule has 2 saturated heterocycles. The molecular weight excluding hydrogens is 552 g/mol. The first-order chi connectivity index (χ1) is 21.4. The normalized spacial score (nSPS) is 19.5. The van der Waals surface area contributed by atoms with Gasteiger partial charge in [0.25, 0.3) is 0 Å². The van der Waals surface area contributed by atoms with E-state index in [0.29, 0.717) is 12.8 Å². The van der Waals surface area contributed by atoms with Gasteiger partial charge in [0, 0.05) is 26.2 Å². The first-order valence-electron chi connectivity index (χ1n) is 16.8. The van der Waals surface area contributed by atoms with Crippen molar-refractivity contribution in [1.82, 2.24) is 20.4 Å². The Morgan fingerprint density at radius 2 is 1.11 bits per heavy atom. The summed E-state index contributed by atoms with van der Waals surface area (Å²) in [5, 5.41) is 26.3. The summed E-state index contributed by atoms with van der Waals surface area (Å²) in [5.41, 5.74) is 4.66. The standard InChI is InChI=1S/C34H50N4O4.C2H6/c1-3-37(23-27-9-5-7-25(17-27)19-31(33(39)40)29-11-13-35-21-29)15-16-38(4-2)24-28-10-6-8-26(18-28)20-32(34(41)42)30-12-14-36-22-30;1-2/h5-10,17-18,29-32,35-36H,3-4,11-16,19-24H2,1-2H3,(H,39,40)(H,41,42);1-2H3. The van der Waals surface area contributed by atoms with Crippen LogP contribution >= 0.6 is 0 Å². The van der Waals surface area contributed by atoms with E-state index in [9.17, 15) is 19.8 Å². The van der Waals surface area contributed by atoms with Crippen LogP contribution in [0.3, 0.4) is 0 Å². The van der Waals surface area contributed by atoms with Crippen LogP contribution in [0.4, 0.5) is 0 Å². The molecule has 0 aliphatic carbocycles. The Morgan fingerprint density at radius 1 is 0.727 bits per heavy atom. The molecular formula is C36H56N4O4. The lowest BCUT2D eigenvalue weighted by atomic mass is 9.86. The van der Waals surface area contributed by atoms with Gasteiger partial charge in [0.1, 0.15) is 0 Å². The number of hydrogen-bond acceptors (Lipinski definition) is 6. The third-order valence-electron chi connectivity index (χ3n) is 9.30. The number of benzene rings is 2. The zero-order valence-electron chi connectivity index (χ0n) is 27.4. The number of hydrogen-bond donors (Lipinski definition) is 4. The van der Waals surface area contributed by atoms with Gasteiger partial charge in [-0.1, -0.05) is 76.2 Å². The van der Waals surface area contributed by atoms with E-state index in [2.05, 4.69) is 82.8 Å². The second-order valence-corrected chi connectivity index (χ2v) is 12.2. The van der Waals surface area contributed by atoms with Gasteiger partial charge in [0.2, 0.25) is 0 Å². The second-order valence-electron chi connectivity index (χ2n) is 12.2. The van der Waals surface area contributed by atoms with Crippen molar-refractivity contribution in [2.75, 3.05) is 52.4 Å². The molecule has 4 N–H and O–H groups in total. The highest BCUT2D eigenvalue weighted by molar-refractivity contribution is 5.71. The van der Waals surface area contributed by atoms with E-state index in [1.807, 2.05) is 13.8 Å². The molecule has 2 heterocycles. The van der Waals surface area contributed by atoms with E-state index in [1.54, 1.807) is 0 Å². The zero-order chi connectivity index (χ0) is 31.9. The van der Waals surface area contributed by atoms with E-state index in [0.717, 1.165) is 89.4 Å². The molecule has 0 aromatic heterocycles. The zero-order valence-corrected chi connectivity index (χ0v) is 27.4. The fourth-order valence-corrected chi connectivity index (χ4v) is 6.67. The number of likely N-dealkylation sites (N-methyl/N-ethyl adjacent to an activating group) is 2. The molecule has 4 rings (SSSR count). The van der Waals surface area contributed by atoms with E-state index in [1.165, 1.54) is 11.1 Å². The molecule has 244 valence electrons. The Labute approximate surface area is 265 Å². The van der Waals surface area contributed by atoms with E-state index < -0.39 is 11.9 Å². The van der Waals surface area contributed by atoms with Crippen molar-refractivity contribution >= 4 is 11.9 Å². The number of carboxylic acids is 2. The molecule has 8 heteroatoms. The summed E-state index contributed by atoms with van der Waals surface area (Å²) in [6, 6.07) is 16.9. The molecule has 8 nitrogen and oxygen atoms in total.